The van der Waals surface area contributed by atoms with Gasteiger partial charge in [0.1, 0.15) is 5.49 Å². The van der Waals surface area contributed by atoms with Crippen molar-refractivity contribution in [2.45, 2.75) is 20.8 Å². The van der Waals surface area contributed by atoms with Crippen LogP contribution in [0.5, 0.6) is 0 Å². The van der Waals surface area contributed by atoms with E-state index in [0.29, 0.717) is 5.49 Å². The molecule has 0 saturated heterocycles. The Labute approximate surface area is 68.0 Å². The number of hydrogen-bond acceptors (Lipinski definition) is 1. The second kappa shape index (κ2) is 4.72. The Morgan fingerprint density at radius 3 is 2.27 bits per heavy atom. The van der Waals surface area contributed by atoms with Crippen molar-refractivity contribution < 1.29 is 0 Å². The second-order valence-electron chi connectivity index (χ2n) is 2.20. The van der Waals surface area contributed by atoms with E-state index in [1.165, 1.54) is 0 Å². The topological polar surface area (TPSA) is 28.8 Å². The van der Waals surface area contributed by atoms with Gasteiger partial charge in [0.2, 0.25) is 0 Å². The van der Waals surface area contributed by atoms with E-state index in [0.717, 1.165) is 5.56 Å². The smallest absolute Gasteiger partial charge is 0.124 e. The van der Waals surface area contributed by atoms with Gasteiger partial charge >= 0.3 is 0 Å². The van der Waals surface area contributed by atoms with E-state index >= 15 is 0 Å². The van der Waals surface area contributed by atoms with Crippen LogP contribution < -0.4 is 5.49 Å². The molecular formula is C9H16N2. The molecule has 1 aromatic heterocycles. The summed E-state index contributed by atoms with van der Waals surface area (Å²) >= 11 is 0. The standard InChI is InChI=1S/C7H10N2.C2H6/c1-6-3-4-9(2)7(8)5-6;1-2/h3-5,8H,1-2H3;1-2H3. The van der Waals surface area contributed by atoms with E-state index in [9.17, 15) is 0 Å². The molecule has 11 heavy (non-hydrogen) atoms. The Kier molecular flexibility index (Phi) is 4.27. The van der Waals surface area contributed by atoms with Gasteiger partial charge in [0, 0.05) is 13.2 Å². The first-order chi connectivity index (χ1) is 5.20. The van der Waals surface area contributed by atoms with E-state index in [2.05, 4.69) is 0 Å². The Hall–Kier alpha value is -1.05. The minimum atomic E-state index is 0.551. The molecule has 0 aliphatic rings. The first kappa shape index (κ1) is 9.95. The van der Waals surface area contributed by atoms with Gasteiger partial charge in [0.25, 0.3) is 0 Å². The fourth-order valence-corrected chi connectivity index (χ4v) is 0.675. The van der Waals surface area contributed by atoms with Gasteiger partial charge in [-0.1, -0.05) is 13.8 Å². The van der Waals surface area contributed by atoms with Gasteiger partial charge in [-0.15, -0.1) is 0 Å². The minimum Gasteiger partial charge on any atom is -0.337 e. The van der Waals surface area contributed by atoms with Crippen LogP contribution in [0, 0.1) is 12.3 Å². The quantitative estimate of drug-likeness (QED) is 0.587. The van der Waals surface area contributed by atoms with Crippen molar-refractivity contribution in [2.24, 2.45) is 7.05 Å². The van der Waals surface area contributed by atoms with Crippen molar-refractivity contribution in [3.05, 3.63) is 29.4 Å². The van der Waals surface area contributed by atoms with E-state index < -0.39 is 0 Å². The summed E-state index contributed by atoms with van der Waals surface area (Å²) in [4.78, 5) is 0. The highest BCUT2D eigenvalue weighted by atomic mass is 14.9. The monoisotopic (exact) mass is 152 g/mol. The average Bonchev–Trinajstić information content (AvgIpc) is 2.02. The van der Waals surface area contributed by atoms with Crippen LogP contribution in [-0.2, 0) is 7.05 Å². The maximum atomic E-state index is 7.32. The zero-order valence-corrected chi connectivity index (χ0v) is 7.68. The van der Waals surface area contributed by atoms with Crippen LogP contribution in [0.15, 0.2) is 18.3 Å². The van der Waals surface area contributed by atoms with E-state index in [4.69, 9.17) is 5.41 Å². The number of nitrogens with one attached hydrogen (secondary N) is 1. The fourth-order valence-electron chi connectivity index (χ4n) is 0.675. The first-order valence-electron chi connectivity index (χ1n) is 3.88. The molecule has 0 aliphatic heterocycles. The summed E-state index contributed by atoms with van der Waals surface area (Å²) in [6, 6.07) is 3.82. The van der Waals surface area contributed by atoms with Crippen molar-refractivity contribution in [2.75, 3.05) is 0 Å². The molecule has 1 N–H and O–H groups in total. The molecule has 1 aromatic rings. The summed E-state index contributed by atoms with van der Waals surface area (Å²) in [6.07, 6.45) is 1.89. The lowest BCUT2D eigenvalue weighted by molar-refractivity contribution is 0.813. The van der Waals surface area contributed by atoms with Crippen LogP contribution >= 0.6 is 0 Å². The summed E-state index contributed by atoms with van der Waals surface area (Å²) in [5.41, 5.74) is 1.69. The highest BCUT2D eigenvalue weighted by Gasteiger charge is 1.83. The predicted octanol–water partition coefficient (Wildman–Crippen LogP) is 1.84. The predicted molar refractivity (Wildman–Crippen MR) is 47.4 cm³/mol. The molecule has 0 radical (unpaired) electrons. The van der Waals surface area contributed by atoms with Crippen LogP contribution in [0.2, 0.25) is 0 Å². The van der Waals surface area contributed by atoms with Crippen molar-refractivity contribution in [1.29, 1.82) is 5.41 Å². The molecule has 1 heterocycles. The lowest BCUT2D eigenvalue weighted by Gasteiger charge is -1.96. The Balaban J connectivity index is 0.000000461. The number of hydrogen-bond donors (Lipinski definition) is 1. The summed E-state index contributed by atoms with van der Waals surface area (Å²) in [6.45, 7) is 5.98. The van der Waals surface area contributed by atoms with Crippen LogP contribution in [0.1, 0.15) is 19.4 Å². The molecule has 0 atom stereocenters. The number of rotatable bonds is 0. The first-order valence-corrected chi connectivity index (χ1v) is 3.88. The van der Waals surface area contributed by atoms with E-state index in [1.54, 1.807) is 4.57 Å². The third-order valence-corrected chi connectivity index (χ3v) is 1.31. The average molecular weight is 152 g/mol. The van der Waals surface area contributed by atoms with Gasteiger partial charge in [0.05, 0.1) is 0 Å². The molecule has 2 heteroatoms. The van der Waals surface area contributed by atoms with Crippen molar-refractivity contribution in [1.82, 2.24) is 4.57 Å². The third-order valence-electron chi connectivity index (χ3n) is 1.31. The van der Waals surface area contributed by atoms with Crippen LogP contribution in [0.4, 0.5) is 0 Å². The minimum absolute atomic E-state index is 0.551. The molecule has 0 unspecified atom stereocenters. The van der Waals surface area contributed by atoms with Gasteiger partial charge in [-0.2, -0.15) is 0 Å². The SMILES string of the molecule is CC.Cc1ccn(C)c(=N)c1. The lowest BCUT2D eigenvalue weighted by Crippen LogP contribution is -2.14. The molecule has 1 rings (SSSR count). The van der Waals surface area contributed by atoms with E-state index in [1.807, 2.05) is 46.1 Å². The maximum absolute atomic E-state index is 7.32. The zero-order valence-electron chi connectivity index (χ0n) is 7.68. The maximum Gasteiger partial charge on any atom is 0.124 e. The molecule has 2 nitrogen and oxygen atoms in total. The largest absolute Gasteiger partial charge is 0.337 e. The molecule has 0 amide bonds. The highest BCUT2D eigenvalue weighted by Crippen LogP contribution is 1.87. The molecular weight excluding hydrogens is 136 g/mol. The molecule has 0 bridgehead atoms. The Bertz CT molecular complexity index is 261. The number of aryl methyl sites for hydroxylation is 2. The molecule has 0 spiro atoms. The zero-order chi connectivity index (χ0) is 8.85. The molecule has 0 saturated carbocycles. The number of pyridine rings is 1. The molecule has 0 aliphatic carbocycles. The van der Waals surface area contributed by atoms with Crippen LogP contribution in [0.25, 0.3) is 0 Å². The summed E-state index contributed by atoms with van der Waals surface area (Å²) < 4.78 is 1.77. The van der Waals surface area contributed by atoms with E-state index in [-0.39, 0.29) is 0 Å². The summed E-state index contributed by atoms with van der Waals surface area (Å²) in [5.74, 6) is 0. The summed E-state index contributed by atoms with van der Waals surface area (Å²) in [7, 11) is 1.86. The molecule has 62 valence electrons. The third kappa shape index (κ3) is 3.03. The van der Waals surface area contributed by atoms with Crippen LogP contribution in [-0.4, -0.2) is 4.57 Å². The molecule has 0 fully saturated rings. The van der Waals surface area contributed by atoms with Gasteiger partial charge in [-0.3, -0.25) is 5.41 Å². The second-order valence-corrected chi connectivity index (χ2v) is 2.20. The lowest BCUT2D eigenvalue weighted by atomic mass is 10.3. The van der Waals surface area contributed by atoms with Gasteiger partial charge < -0.3 is 4.57 Å². The highest BCUT2D eigenvalue weighted by molar-refractivity contribution is 5.06. The van der Waals surface area contributed by atoms with Crippen molar-refractivity contribution in [3.8, 4) is 0 Å². The van der Waals surface area contributed by atoms with Crippen molar-refractivity contribution in [3.63, 3.8) is 0 Å². The van der Waals surface area contributed by atoms with Crippen molar-refractivity contribution >= 4 is 0 Å². The number of aromatic nitrogens is 1. The van der Waals surface area contributed by atoms with Gasteiger partial charge in [-0.05, 0) is 24.6 Å². The Morgan fingerprint density at radius 2 is 1.91 bits per heavy atom. The summed E-state index contributed by atoms with van der Waals surface area (Å²) in [5, 5.41) is 7.32. The van der Waals surface area contributed by atoms with Gasteiger partial charge in [0.15, 0.2) is 0 Å². The van der Waals surface area contributed by atoms with Gasteiger partial charge in [-0.25, -0.2) is 0 Å². The fraction of sp³-hybridized carbons (Fsp3) is 0.444. The van der Waals surface area contributed by atoms with Crippen LogP contribution in [0.3, 0.4) is 0 Å². The Morgan fingerprint density at radius 1 is 1.36 bits per heavy atom. The number of nitrogens with zero attached hydrogens (tertiary/aromatic N) is 1. The molecule has 0 aromatic carbocycles. The normalized spacial score (nSPS) is 8.36.